The Morgan fingerprint density at radius 1 is 1.50 bits per heavy atom. The lowest BCUT2D eigenvalue weighted by Gasteiger charge is -2.01. The maximum absolute atomic E-state index is 10.8. The molecule has 0 aliphatic rings. The van der Waals surface area contributed by atoms with E-state index in [1.54, 1.807) is 11.4 Å². The van der Waals surface area contributed by atoms with Crippen LogP contribution >= 0.6 is 11.3 Å². The minimum Gasteiger partial charge on any atom is -0.506 e. The Labute approximate surface area is 85.8 Å². The average molecular weight is 206 g/mol. The Morgan fingerprint density at radius 2 is 2.29 bits per heavy atom. The van der Waals surface area contributed by atoms with Gasteiger partial charge in [-0.3, -0.25) is 4.79 Å². The predicted octanol–water partition coefficient (Wildman–Crippen LogP) is 2.98. The van der Waals surface area contributed by atoms with Crippen molar-refractivity contribution in [1.82, 2.24) is 0 Å². The SMILES string of the molecule is CCc1ccc(O)c2scc(C=O)c12. The molecule has 2 rings (SSSR count). The summed E-state index contributed by atoms with van der Waals surface area (Å²) in [6.45, 7) is 2.04. The number of fused-ring (bicyclic) bond motifs is 1. The fraction of sp³-hybridized carbons (Fsp3) is 0.182. The molecular formula is C11H10O2S. The van der Waals surface area contributed by atoms with Crippen LogP contribution in [0.5, 0.6) is 5.75 Å². The lowest BCUT2D eigenvalue weighted by Crippen LogP contribution is -1.84. The summed E-state index contributed by atoms with van der Waals surface area (Å²) in [5, 5.41) is 12.3. The maximum atomic E-state index is 10.8. The summed E-state index contributed by atoms with van der Waals surface area (Å²) in [4.78, 5) is 10.8. The molecule has 3 heteroatoms. The molecule has 0 atom stereocenters. The molecule has 0 amide bonds. The van der Waals surface area contributed by atoms with E-state index in [0.29, 0.717) is 5.56 Å². The number of carbonyl (C=O) groups excluding carboxylic acids is 1. The van der Waals surface area contributed by atoms with Crippen LogP contribution in [0.25, 0.3) is 10.1 Å². The van der Waals surface area contributed by atoms with E-state index >= 15 is 0 Å². The van der Waals surface area contributed by atoms with Gasteiger partial charge in [-0.25, -0.2) is 0 Å². The van der Waals surface area contributed by atoms with Crippen LogP contribution in [0.4, 0.5) is 0 Å². The molecule has 0 aliphatic carbocycles. The van der Waals surface area contributed by atoms with Gasteiger partial charge < -0.3 is 5.11 Å². The second-order valence-electron chi connectivity index (χ2n) is 3.11. The molecule has 14 heavy (non-hydrogen) atoms. The van der Waals surface area contributed by atoms with E-state index in [9.17, 15) is 9.90 Å². The Bertz CT molecular complexity index is 485. The highest BCUT2D eigenvalue weighted by Gasteiger charge is 2.10. The molecule has 1 aromatic heterocycles. The van der Waals surface area contributed by atoms with Crippen LogP contribution in [-0.4, -0.2) is 11.4 Å². The molecule has 0 radical (unpaired) electrons. The summed E-state index contributed by atoms with van der Waals surface area (Å²) in [6.07, 6.45) is 1.71. The lowest BCUT2D eigenvalue weighted by atomic mass is 10.0. The molecule has 2 aromatic rings. The van der Waals surface area contributed by atoms with Crippen LogP contribution in [-0.2, 0) is 6.42 Å². The first-order valence-electron chi connectivity index (χ1n) is 4.45. The average Bonchev–Trinajstić information content (AvgIpc) is 2.63. The van der Waals surface area contributed by atoms with Crippen molar-refractivity contribution in [3.05, 3.63) is 28.6 Å². The third-order valence-corrected chi connectivity index (χ3v) is 3.34. The molecule has 0 spiro atoms. The van der Waals surface area contributed by atoms with Gasteiger partial charge in [0.2, 0.25) is 0 Å². The fourth-order valence-electron chi connectivity index (χ4n) is 1.61. The Kier molecular flexibility index (Phi) is 2.25. The normalized spacial score (nSPS) is 10.6. The summed E-state index contributed by atoms with van der Waals surface area (Å²) in [6, 6.07) is 3.56. The number of carbonyl (C=O) groups is 1. The van der Waals surface area contributed by atoms with Gasteiger partial charge >= 0.3 is 0 Å². The number of aldehydes is 1. The number of aryl methyl sites for hydroxylation is 1. The molecule has 0 fully saturated rings. The van der Waals surface area contributed by atoms with Gasteiger partial charge in [-0.2, -0.15) is 0 Å². The number of rotatable bonds is 2. The fourth-order valence-corrected chi connectivity index (χ4v) is 2.58. The van der Waals surface area contributed by atoms with E-state index in [1.807, 2.05) is 13.0 Å². The quantitative estimate of drug-likeness (QED) is 0.767. The topological polar surface area (TPSA) is 37.3 Å². The van der Waals surface area contributed by atoms with Crippen molar-refractivity contribution in [3.63, 3.8) is 0 Å². The summed E-state index contributed by atoms with van der Waals surface area (Å²) < 4.78 is 0.812. The summed E-state index contributed by atoms with van der Waals surface area (Å²) in [5.41, 5.74) is 1.79. The zero-order valence-corrected chi connectivity index (χ0v) is 8.60. The van der Waals surface area contributed by atoms with E-state index in [1.165, 1.54) is 11.3 Å². The maximum Gasteiger partial charge on any atom is 0.151 e. The minimum atomic E-state index is 0.260. The van der Waals surface area contributed by atoms with Crippen molar-refractivity contribution in [3.8, 4) is 5.75 Å². The van der Waals surface area contributed by atoms with Gasteiger partial charge in [0.25, 0.3) is 0 Å². The van der Waals surface area contributed by atoms with Gasteiger partial charge in [0.15, 0.2) is 6.29 Å². The third-order valence-electron chi connectivity index (χ3n) is 2.32. The highest BCUT2D eigenvalue weighted by Crippen LogP contribution is 2.35. The first-order valence-corrected chi connectivity index (χ1v) is 5.33. The molecule has 72 valence electrons. The molecule has 1 aromatic carbocycles. The van der Waals surface area contributed by atoms with E-state index in [-0.39, 0.29) is 5.75 Å². The third kappa shape index (κ3) is 1.21. The molecule has 0 bridgehead atoms. The van der Waals surface area contributed by atoms with Crippen molar-refractivity contribution in [2.24, 2.45) is 0 Å². The number of benzene rings is 1. The van der Waals surface area contributed by atoms with Crippen molar-refractivity contribution < 1.29 is 9.90 Å². The number of hydrogen-bond acceptors (Lipinski definition) is 3. The van der Waals surface area contributed by atoms with Crippen LogP contribution in [0, 0.1) is 0 Å². The Hall–Kier alpha value is -1.35. The first-order chi connectivity index (χ1) is 6.77. The van der Waals surface area contributed by atoms with Crippen LogP contribution in [0.15, 0.2) is 17.5 Å². The monoisotopic (exact) mass is 206 g/mol. The molecule has 2 nitrogen and oxygen atoms in total. The van der Waals surface area contributed by atoms with Crippen LogP contribution in [0.1, 0.15) is 22.8 Å². The Balaban J connectivity index is 2.88. The van der Waals surface area contributed by atoms with Gasteiger partial charge in [0.05, 0.1) is 4.70 Å². The molecule has 0 saturated heterocycles. The second-order valence-corrected chi connectivity index (χ2v) is 3.99. The van der Waals surface area contributed by atoms with Gasteiger partial charge in [-0.05, 0) is 18.1 Å². The highest BCUT2D eigenvalue weighted by atomic mass is 32.1. The minimum absolute atomic E-state index is 0.260. The predicted molar refractivity (Wildman–Crippen MR) is 58.3 cm³/mol. The number of aromatic hydroxyl groups is 1. The number of thiophene rings is 1. The zero-order valence-electron chi connectivity index (χ0n) is 7.78. The van der Waals surface area contributed by atoms with Gasteiger partial charge in [-0.15, -0.1) is 11.3 Å². The van der Waals surface area contributed by atoms with Crippen molar-refractivity contribution >= 4 is 27.7 Å². The molecule has 1 heterocycles. The largest absolute Gasteiger partial charge is 0.506 e. The van der Waals surface area contributed by atoms with E-state index in [0.717, 1.165) is 28.4 Å². The van der Waals surface area contributed by atoms with E-state index < -0.39 is 0 Å². The van der Waals surface area contributed by atoms with E-state index in [2.05, 4.69) is 0 Å². The second kappa shape index (κ2) is 3.42. The van der Waals surface area contributed by atoms with Gasteiger partial charge in [-0.1, -0.05) is 13.0 Å². The molecule has 0 aliphatic heterocycles. The summed E-state index contributed by atoms with van der Waals surface area (Å²) in [5.74, 6) is 0.260. The van der Waals surface area contributed by atoms with Gasteiger partial charge in [0.1, 0.15) is 5.75 Å². The molecule has 0 saturated carbocycles. The number of phenols is 1. The highest BCUT2D eigenvalue weighted by molar-refractivity contribution is 7.18. The molecule has 0 unspecified atom stereocenters. The molecular weight excluding hydrogens is 196 g/mol. The summed E-state index contributed by atoms with van der Waals surface area (Å²) >= 11 is 1.41. The van der Waals surface area contributed by atoms with Crippen molar-refractivity contribution in [2.45, 2.75) is 13.3 Å². The van der Waals surface area contributed by atoms with Gasteiger partial charge in [0, 0.05) is 16.3 Å². The number of phenolic OH excluding ortho intramolecular Hbond substituents is 1. The summed E-state index contributed by atoms with van der Waals surface area (Å²) in [7, 11) is 0. The van der Waals surface area contributed by atoms with Crippen LogP contribution < -0.4 is 0 Å². The first kappa shape index (κ1) is 9.21. The zero-order chi connectivity index (χ0) is 10.1. The lowest BCUT2D eigenvalue weighted by molar-refractivity contribution is 0.112. The number of hydrogen-bond donors (Lipinski definition) is 1. The smallest absolute Gasteiger partial charge is 0.151 e. The van der Waals surface area contributed by atoms with E-state index in [4.69, 9.17) is 0 Å². The van der Waals surface area contributed by atoms with Crippen molar-refractivity contribution in [1.29, 1.82) is 0 Å². The van der Waals surface area contributed by atoms with Crippen LogP contribution in [0.2, 0.25) is 0 Å². The molecule has 1 N–H and O–H groups in total. The standard InChI is InChI=1S/C11H10O2S/c1-2-7-3-4-9(13)11-10(7)8(5-12)6-14-11/h3-6,13H,2H2,1H3. The Morgan fingerprint density at radius 3 is 2.93 bits per heavy atom. The van der Waals surface area contributed by atoms with Crippen LogP contribution in [0.3, 0.4) is 0 Å². The van der Waals surface area contributed by atoms with Crippen molar-refractivity contribution in [2.75, 3.05) is 0 Å².